The molecular weight excluding hydrogens is 390 g/mol. The van der Waals surface area contributed by atoms with Crippen LogP contribution in [0, 0.1) is 11.3 Å². The summed E-state index contributed by atoms with van der Waals surface area (Å²) in [4.78, 5) is 26.9. The lowest BCUT2D eigenvalue weighted by molar-refractivity contribution is -0.145. The third-order valence-corrected chi connectivity index (χ3v) is 5.54. The number of carbonyl (C=O) groups is 1. The van der Waals surface area contributed by atoms with Gasteiger partial charge in [0.2, 0.25) is 0 Å². The molecule has 7 nitrogen and oxygen atoms in total. The highest BCUT2D eigenvalue weighted by molar-refractivity contribution is 5.85. The second kappa shape index (κ2) is 9.11. The molecule has 1 aliphatic heterocycles. The van der Waals surface area contributed by atoms with Crippen LogP contribution in [-0.2, 0) is 16.1 Å². The third-order valence-electron chi connectivity index (χ3n) is 5.54. The number of hydrogen-bond acceptors (Lipinski definition) is 7. The SMILES string of the molecule is C[C@H]1CN(C)CCN1c1nc2ccccc2nc1C(C#N)C(=O)OCc1ccccc1. The fourth-order valence-corrected chi connectivity index (χ4v) is 3.90. The van der Waals surface area contributed by atoms with Crippen molar-refractivity contribution in [3.8, 4) is 6.07 Å². The number of para-hydroxylation sites is 2. The second-order valence-electron chi connectivity index (χ2n) is 7.88. The molecule has 1 fully saturated rings. The van der Waals surface area contributed by atoms with Gasteiger partial charge in [-0.2, -0.15) is 5.26 Å². The highest BCUT2D eigenvalue weighted by Gasteiger charge is 2.33. The van der Waals surface area contributed by atoms with Crippen molar-refractivity contribution in [3.63, 3.8) is 0 Å². The predicted octanol–water partition coefficient (Wildman–Crippen LogP) is 3.12. The lowest BCUT2D eigenvalue weighted by Crippen LogP contribution is -2.51. The Balaban J connectivity index is 1.69. The Morgan fingerprint density at radius 3 is 2.48 bits per heavy atom. The summed E-state index contributed by atoms with van der Waals surface area (Å²) in [6.45, 7) is 4.71. The highest BCUT2D eigenvalue weighted by Crippen LogP contribution is 2.30. The van der Waals surface area contributed by atoms with Crippen LogP contribution >= 0.6 is 0 Å². The van der Waals surface area contributed by atoms with E-state index in [4.69, 9.17) is 14.7 Å². The number of nitriles is 1. The summed E-state index contributed by atoms with van der Waals surface area (Å²) in [5, 5.41) is 9.90. The van der Waals surface area contributed by atoms with Crippen LogP contribution in [0.5, 0.6) is 0 Å². The highest BCUT2D eigenvalue weighted by atomic mass is 16.5. The molecule has 1 aromatic heterocycles. The first-order valence-corrected chi connectivity index (χ1v) is 10.4. The number of nitrogens with zero attached hydrogens (tertiary/aromatic N) is 5. The Bertz CT molecular complexity index is 1110. The van der Waals surface area contributed by atoms with E-state index in [1.165, 1.54) is 0 Å². The van der Waals surface area contributed by atoms with Crippen molar-refractivity contribution in [1.29, 1.82) is 5.26 Å². The zero-order valence-electron chi connectivity index (χ0n) is 17.7. The van der Waals surface area contributed by atoms with Gasteiger partial charge in [-0.05, 0) is 31.7 Å². The Hall–Kier alpha value is -3.50. The van der Waals surface area contributed by atoms with E-state index in [1.54, 1.807) is 0 Å². The van der Waals surface area contributed by atoms with Crippen LogP contribution in [0.25, 0.3) is 11.0 Å². The van der Waals surface area contributed by atoms with Crippen molar-refractivity contribution in [3.05, 3.63) is 65.9 Å². The molecule has 0 radical (unpaired) electrons. The number of ether oxygens (including phenoxy) is 1. The van der Waals surface area contributed by atoms with Crippen LogP contribution in [-0.4, -0.2) is 53.6 Å². The van der Waals surface area contributed by atoms with Gasteiger partial charge in [-0.1, -0.05) is 42.5 Å². The molecular formula is C24H25N5O2. The summed E-state index contributed by atoms with van der Waals surface area (Å²) >= 11 is 0. The van der Waals surface area contributed by atoms with E-state index in [0.717, 1.165) is 30.7 Å². The molecule has 1 aliphatic rings. The third kappa shape index (κ3) is 4.49. The van der Waals surface area contributed by atoms with Crippen molar-refractivity contribution in [1.82, 2.24) is 14.9 Å². The molecule has 1 unspecified atom stereocenters. The topological polar surface area (TPSA) is 82.4 Å². The van der Waals surface area contributed by atoms with Gasteiger partial charge in [-0.15, -0.1) is 0 Å². The Labute approximate surface area is 181 Å². The van der Waals surface area contributed by atoms with Gasteiger partial charge in [0.05, 0.1) is 17.1 Å². The first-order valence-electron chi connectivity index (χ1n) is 10.4. The lowest BCUT2D eigenvalue weighted by Gasteiger charge is -2.39. The fourth-order valence-electron chi connectivity index (χ4n) is 3.90. The van der Waals surface area contributed by atoms with Gasteiger partial charge in [0, 0.05) is 25.7 Å². The Morgan fingerprint density at radius 1 is 1.13 bits per heavy atom. The first-order chi connectivity index (χ1) is 15.1. The minimum atomic E-state index is -1.15. The summed E-state index contributed by atoms with van der Waals surface area (Å²) in [7, 11) is 2.08. The van der Waals surface area contributed by atoms with E-state index < -0.39 is 11.9 Å². The van der Waals surface area contributed by atoms with Crippen molar-refractivity contribution in [2.24, 2.45) is 0 Å². The molecule has 31 heavy (non-hydrogen) atoms. The number of esters is 1. The van der Waals surface area contributed by atoms with Crippen molar-refractivity contribution in [2.45, 2.75) is 25.5 Å². The van der Waals surface area contributed by atoms with Gasteiger partial charge in [-0.25, -0.2) is 9.97 Å². The number of piperazine rings is 1. The predicted molar refractivity (Wildman–Crippen MR) is 118 cm³/mol. The van der Waals surface area contributed by atoms with Gasteiger partial charge in [0.25, 0.3) is 0 Å². The van der Waals surface area contributed by atoms with E-state index in [9.17, 15) is 10.1 Å². The van der Waals surface area contributed by atoms with Crippen LogP contribution in [0.3, 0.4) is 0 Å². The van der Waals surface area contributed by atoms with E-state index in [0.29, 0.717) is 17.0 Å². The molecule has 0 spiro atoms. The van der Waals surface area contributed by atoms with Gasteiger partial charge < -0.3 is 14.5 Å². The Kier molecular flexibility index (Phi) is 6.10. The van der Waals surface area contributed by atoms with Crippen LogP contribution in [0.15, 0.2) is 54.6 Å². The van der Waals surface area contributed by atoms with Gasteiger partial charge in [0.15, 0.2) is 11.7 Å². The average Bonchev–Trinajstić information content (AvgIpc) is 2.78. The summed E-state index contributed by atoms with van der Waals surface area (Å²) in [5.41, 5.74) is 2.61. The van der Waals surface area contributed by atoms with Gasteiger partial charge in [-0.3, -0.25) is 4.79 Å². The summed E-state index contributed by atoms with van der Waals surface area (Å²) in [6, 6.07) is 19.2. The van der Waals surface area contributed by atoms with Gasteiger partial charge >= 0.3 is 5.97 Å². The fraction of sp³-hybridized carbons (Fsp3) is 0.333. The molecule has 158 valence electrons. The van der Waals surface area contributed by atoms with Crippen molar-refractivity contribution in [2.75, 3.05) is 31.6 Å². The number of benzene rings is 2. The van der Waals surface area contributed by atoms with Crippen molar-refractivity contribution < 1.29 is 9.53 Å². The number of aromatic nitrogens is 2. The number of carbonyl (C=O) groups excluding carboxylic acids is 1. The zero-order chi connectivity index (χ0) is 21.8. The molecule has 3 aromatic rings. The molecule has 2 atom stereocenters. The lowest BCUT2D eigenvalue weighted by atomic mass is 10.0. The minimum absolute atomic E-state index is 0.110. The number of fused-ring (bicyclic) bond motifs is 1. The standard InChI is InChI=1S/C24H25N5O2/c1-17-15-28(2)12-13-29(17)23-22(26-20-10-6-7-11-21(20)27-23)19(14-25)24(30)31-16-18-8-4-3-5-9-18/h3-11,17,19H,12-13,15-16H2,1-2H3/t17-,19?/m0/s1. The number of anilines is 1. The quantitative estimate of drug-likeness (QED) is 0.592. The zero-order valence-corrected chi connectivity index (χ0v) is 17.7. The largest absolute Gasteiger partial charge is 0.460 e. The van der Waals surface area contributed by atoms with Gasteiger partial charge in [0.1, 0.15) is 12.3 Å². The molecule has 0 saturated carbocycles. The summed E-state index contributed by atoms with van der Waals surface area (Å²) in [5.74, 6) is -1.18. The number of rotatable bonds is 5. The van der Waals surface area contributed by atoms with Crippen LogP contribution < -0.4 is 4.90 Å². The summed E-state index contributed by atoms with van der Waals surface area (Å²) < 4.78 is 5.48. The van der Waals surface area contributed by atoms with Crippen LogP contribution in [0.1, 0.15) is 24.1 Å². The molecule has 0 amide bonds. The molecule has 7 heteroatoms. The molecule has 0 bridgehead atoms. The van der Waals surface area contributed by atoms with E-state index in [-0.39, 0.29) is 12.6 Å². The molecule has 0 aliphatic carbocycles. The normalized spacial score (nSPS) is 17.8. The number of likely N-dealkylation sites (N-methyl/N-ethyl adjacent to an activating group) is 1. The van der Waals surface area contributed by atoms with Crippen molar-refractivity contribution >= 4 is 22.8 Å². The van der Waals surface area contributed by atoms with Crippen LogP contribution in [0.4, 0.5) is 5.82 Å². The van der Waals surface area contributed by atoms with E-state index in [2.05, 4.69) is 29.8 Å². The molecule has 2 aromatic carbocycles. The molecule has 1 saturated heterocycles. The monoisotopic (exact) mass is 415 g/mol. The maximum atomic E-state index is 12.9. The minimum Gasteiger partial charge on any atom is -0.460 e. The number of hydrogen-bond donors (Lipinski definition) is 0. The van der Waals surface area contributed by atoms with E-state index >= 15 is 0 Å². The molecule has 4 rings (SSSR count). The maximum absolute atomic E-state index is 12.9. The summed E-state index contributed by atoms with van der Waals surface area (Å²) in [6.07, 6.45) is 0. The first kappa shape index (κ1) is 20.8. The Morgan fingerprint density at radius 2 is 1.81 bits per heavy atom. The van der Waals surface area contributed by atoms with Crippen LogP contribution in [0.2, 0.25) is 0 Å². The van der Waals surface area contributed by atoms with E-state index in [1.807, 2.05) is 54.6 Å². The average molecular weight is 415 g/mol. The maximum Gasteiger partial charge on any atom is 0.330 e. The molecule has 2 heterocycles. The molecule has 0 N–H and O–H groups in total. The smallest absolute Gasteiger partial charge is 0.330 e. The second-order valence-corrected chi connectivity index (χ2v) is 7.88.